The summed E-state index contributed by atoms with van der Waals surface area (Å²) in [6.45, 7) is 2.66. The first-order chi connectivity index (χ1) is 10.3. The van der Waals surface area contributed by atoms with Crippen LogP contribution in [0.3, 0.4) is 0 Å². The Hall–Kier alpha value is -1.39. The topological polar surface area (TPSA) is 48.1 Å². The molecule has 21 heavy (non-hydrogen) atoms. The van der Waals surface area contributed by atoms with Gasteiger partial charge >= 0.3 is 0 Å². The molecule has 3 rings (SSSR count). The van der Waals surface area contributed by atoms with Gasteiger partial charge in [-0.05, 0) is 38.7 Å². The summed E-state index contributed by atoms with van der Waals surface area (Å²) in [5, 5.41) is 1.17. The van der Waals surface area contributed by atoms with Gasteiger partial charge in [0, 0.05) is 22.9 Å². The molecule has 0 saturated carbocycles. The van der Waals surface area contributed by atoms with E-state index in [-0.39, 0.29) is 6.04 Å². The van der Waals surface area contributed by atoms with Gasteiger partial charge in [-0.2, -0.15) is 0 Å². The maximum Gasteiger partial charge on any atom is 0.124 e. The molecule has 1 aromatic heterocycles. The molecule has 0 saturated heterocycles. The first-order valence-corrected chi connectivity index (χ1v) is 8.54. The Balaban J connectivity index is 1.77. The predicted molar refractivity (Wildman–Crippen MR) is 87.0 cm³/mol. The minimum absolute atomic E-state index is 0.0552. The zero-order valence-electron chi connectivity index (χ0n) is 12.5. The molecule has 1 atom stereocenters. The molecule has 0 aliphatic heterocycles. The summed E-state index contributed by atoms with van der Waals surface area (Å²) in [6, 6.07) is 8.00. The highest BCUT2D eigenvalue weighted by Gasteiger charge is 2.18. The van der Waals surface area contributed by atoms with E-state index in [2.05, 4.69) is 6.07 Å². The lowest BCUT2D eigenvalue weighted by Gasteiger charge is -2.15. The Morgan fingerprint density at radius 3 is 2.90 bits per heavy atom. The highest BCUT2D eigenvalue weighted by molar-refractivity contribution is 7.11. The van der Waals surface area contributed by atoms with E-state index in [1.54, 1.807) is 0 Å². The number of benzene rings is 1. The first-order valence-electron chi connectivity index (χ1n) is 7.72. The smallest absolute Gasteiger partial charge is 0.124 e. The maximum absolute atomic E-state index is 6.40. The van der Waals surface area contributed by atoms with Crippen LogP contribution in [-0.4, -0.2) is 11.6 Å². The number of thiazole rings is 1. The second-order valence-electron chi connectivity index (χ2n) is 5.47. The third-order valence-electron chi connectivity index (χ3n) is 3.90. The van der Waals surface area contributed by atoms with Crippen molar-refractivity contribution in [3.8, 4) is 5.75 Å². The van der Waals surface area contributed by atoms with Crippen LogP contribution in [0.2, 0.25) is 0 Å². The van der Waals surface area contributed by atoms with Crippen LogP contribution in [0, 0.1) is 0 Å². The highest BCUT2D eigenvalue weighted by atomic mass is 32.1. The van der Waals surface area contributed by atoms with Crippen LogP contribution in [0.5, 0.6) is 5.75 Å². The Labute approximate surface area is 130 Å². The van der Waals surface area contributed by atoms with Crippen molar-refractivity contribution in [3.63, 3.8) is 0 Å². The summed E-state index contributed by atoms with van der Waals surface area (Å²) in [5.41, 5.74) is 8.79. The van der Waals surface area contributed by atoms with Gasteiger partial charge in [-0.3, -0.25) is 0 Å². The highest BCUT2D eigenvalue weighted by Crippen LogP contribution is 2.31. The lowest BCUT2D eigenvalue weighted by atomic mass is 10.0. The normalized spacial score (nSPS) is 15.5. The molecule has 2 N–H and O–H groups in total. The van der Waals surface area contributed by atoms with Gasteiger partial charge < -0.3 is 10.5 Å². The van der Waals surface area contributed by atoms with Crippen molar-refractivity contribution in [1.82, 2.24) is 4.98 Å². The van der Waals surface area contributed by atoms with Crippen molar-refractivity contribution < 1.29 is 4.74 Å². The average Bonchev–Trinajstić information content (AvgIpc) is 2.90. The second kappa shape index (κ2) is 6.58. The molecule has 1 aromatic carbocycles. The number of fused-ring (bicyclic) bond motifs is 1. The summed E-state index contributed by atoms with van der Waals surface area (Å²) >= 11 is 1.85. The molecule has 2 aromatic rings. The van der Waals surface area contributed by atoms with Crippen LogP contribution in [0.15, 0.2) is 24.3 Å². The van der Waals surface area contributed by atoms with Crippen LogP contribution >= 0.6 is 11.3 Å². The molecule has 4 heteroatoms. The average molecular weight is 302 g/mol. The minimum atomic E-state index is -0.0552. The summed E-state index contributed by atoms with van der Waals surface area (Å²) in [7, 11) is 0. The Morgan fingerprint density at radius 1 is 1.29 bits per heavy atom. The lowest BCUT2D eigenvalue weighted by Crippen LogP contribution is -2.14. The van der Waals surface area contributed by atoms with E-state index in [1.165, 1.54) is 34.8 Å². The zero-order valence-corrected chi connectivity index (χ0v) is 13.3. The van der Waals surface area contributed by atoms with Gasteiger partial charge in [0.2, 0.25) is 0 Å². The molecule has 1 aliphatic rings. The zero-order chi connectivity index (χ0) is 14.7. The van der Waals surface area contributed by atoms with E-state index in [0.29, 0.717) is 6.61 Å². The van der Waals surface area contributed by atoms with Crippen LogP contribution < -0.4 is 10.5 Å². The van der Waals surface area contributed by atoms with Gasteiger partial charge in [-0.25, -0.2) is 4.98 Å². The quantitative estimate of drug-likeness (QED) is 0.917. The summed E-state index contributed by atoms with van der Waals surface area (Å²) in [5.74, 6) is 0.897. The van der Waals surface area contributed by atoms with Crippen LogP contribution in [0.4, 0.5) is 0 Å². The molecular formula is C17H22N2OS. The molecule has 3 nitrogen and oxygen atoms in total. The number of ether oxygens (including phenoxy) is 1. The number of para-hydroxylation sites is 1. The molecule has 1 heterocycles. The van der Waals surface area contributed by atoms with Crippen molar-refractivity contribution in [3.05, 3.63) is 45.4 Å². The van der Waals surface area contributed by atoms with Gasteiger partial charge in [0.25, 0.3) is 0 Å². The molecule has 1 aliphatic carbocycles. The molecule has 0 radical (unpaired) electrons. The van der Waals surface area contributed by atoms with Crippen LogP contribution in [0.1, 0.15) is 46.9 Å². The fraction of sp³-hybridized carbons (Fsp3) is 0.471. The fourth-order valence-corrected chi connectivity index (χ4v) is 4.08. The Kier molecular flexibility index (Phi) is 4.56. The molecular weight excluding hydrogens is 280 g/mol. The van der Waals surface area contributed by atoms with Gasteiger partial charge in [-0.1, -0.05) is 18.2 Å². The van der Waals surface area contributed by atoms with Crippen molar-refractivity contribution in [2.45, 2.75) is 45.1 Å². The second-order valence-corrected chi connectivity index (χ2v) is 6.63. The van der Waals surface area contributed by atoms with Crippen molar-refractivity contribution >= 4 is 11.3 Å². The van der Waals surface area contributed by atoms with Crippen molar-refractivity contribution in [2.75, 3.05) is 6.61 Å². The van der Waals surface area contributed by atoms with E-state index in [9.17, 15) is 0 Å². The van der Waals surface area contributed by atoms with Gasteiger partial charge in [0.1, 0.15) is 5.75 Å². The number of rotatable bonds is 5. The van der Waals surface area contributed by atoms with E-state index >= 15 is 0 Å². The monoisotopic (exact) mass is 302 g/mol. The number of aromatic nitrogens is 1. The van der Waals surface area contributed by atoms with E-state index in [0.717, 1.165) is 24.2 Å². The van der Waals surface area contributed by atoms with E-state index in [4.69, 9.17) is 15.5 Å². The number of nitrogens with two attached hydrogens (primary N) is 1. The molecule has 1 unspecified atom stereocenters. The van der Waals surface area contributed by atoms with E-state index < -0.39 is 0 Å². The van der Waals surface area contributed by atoms with E-state index in [1.807, 2.05) is 36.5 Å². The van der Waals surface area contributed by atoms with Gasteiger partial charge in [0.15, 0.2) is 0 Å². The molecule has 0 bridgehead atoms. The SMILES string of the molecule is CCOc1ccccc1C(N)Cc1nc2c(s1)CCCC2. The third kappa shape index (κ3) is 3.27. The van der Waals surface area contributed by atoms with Crippen LogP contribution in [0.25, 0.3) is 0 Å². The summed E-state index contributed by atoms with van der Waals surface area (Å²) in [4.78, 5) is 6.26. The minimum Gasteiger partial charge on any atom is -0.494 e. The Bertz CT molecular complexity index is 585. The van der Waals surface area contributed by atoms with Crippen molar-refractivity contribution in [2.24, 2.45) is 5.73 Å². The molecule has 0 amide bonds. The maximum atomic E-state index is 6.40. The van der Waals surface area contributed by atoms with Gasteiger partial charge in [-0.15, -0.1) is 11.3 Å². The van der Waals surface area contributed by atoms with Crippen molar-refractivity contribution in [1.29, 1.82) is 0 Å². The summed E-state index contributed by atoms with van der Waals surface area (Å²) < 4.78 is 5.68. The number of aryl methyl sites for hydroxylation is 2. The first kappa shape index (κ1) is 14.5. The molecule has 0 spiro atoms. The third-order valence-corrected chi connectivity index (χ3v) is 5.08. The fourth-order valence-electron chi connectivity index (χ4n) is 2.86. The number of nitrogens with zero attached hydrogens (tertiary/aromatic N) is 1. The standard InChI is InChI=1S/C17H22N2OS/c1-2-20-15-9-5-3-7-12(15)13(18)11-17-19-14-8-4-6-10-16(14)21-17/h3,5,7,9,13H,2,4,6,8,10-11,18H2,1H3. The Morgan fingerprint density at radius 2 is 2.10 bits per heavy atom. The number of hydrogen-bond acceptors (Lipinski definition) is 4. The van der Waals surface area contributed by atoms with Crippen LogP contribution in [-0.2, 0) is 19.3 Å². The van der Waals surface area contributed by atoms with Gasteiger partial charge in [0.05, 0.1) is 17.3 Å². The largest absolute Gasteiger partial charge is 0.494 e. The summed E-state index contributed by atoms with van der Waals surface area (Å²) in [6.07, 6.45) is 5.69. The predicted octanol–water partition coefficient (Wildman–Crippen LogP) is 3.66. The lowest BCUT2D eigenvalue weighted by molar-refractivity contribution is 0.334. The molecule has 112 valence electrons. The molecule has 0 fully saturated rings. The number of hydrogen-bond donors (Lipinski definition) is 1.